The molecule has 0 atom stereocenters. The van der Waals surface area contributed by atoms with Gasteiger partial charge in [-0.15, -0.1) is 54.1 Å². The predicted molar refractivity (Wildman–Crippen MR) is 173 cm³/mol. The van der Waals surface area contributed by atoms with Crippen LogP contribution in [0.5, 0.6) is 0 Å². The first kappa shape index (κ1) is 26.0. The van der Waals surface area contributed by atoms with E-state index in [0.717, 1.165) is 39.1 Å². The molecule has 0 aliphatic heterocycles. The van der Waals surface area contributed by atoms with Crippen LogP contribution in [0.2, 0.25) is 0 Å². The van der Waals surface area contributed by atoms with Crippen molar-refractivity contribution in [1.29, 1.82) is 0 Å². The molecule has 0 unspecified atom stereocenters. The fourth-order valence-electron chi connectivity index (χ4n) is 5.00. The van der Waals surface area contributed by atoms with Crippen molar-refractivity contribution >= 4 is 33.4 Å². The number of furan rings is 1. The third kappa shape index (κ3) is 8.00. The minimum atomic E-state index is -2.61. The SMILES string of the molecule is C=C(C)C=[C-]/C(=C/C)c1cc(C2CCCC2)c(C)cn1.[2H]/C(C(=C)C([2H])([2H])[2H])=C(\[2H])C(=[N-])c1[c-]cc2c(c1)oc1nccc(C)c12.[Ir+3]. The standard InChI is InChI=1S/C19H24N.C18H14N2O.Ir/c1-5-16(11-10-14(2)3)19-12-18(15(4)13-20-19)17-8-6-7-9-17;1-11(2)4-7-15(19)13-5-6-14-16(10-13)21-18-17(14)12(3)8-9-20-18;/h5,10,12-13,17H,2,6-9H2,1,3-4H3;4,6-10H,1H2,2-3H3;/q-1;-2;+3/b16-5-;7-4-;/i;2D3,4D,7D;. The largest absolute Gasteiger partial charge is 3.00 e. The number of pyridine rings is 2. The number of aryl methyl sites for hydroxylation is 2. The van der Waals surface area contributed by atoms with Crippen molar-refractivity contribution in [3.05, 3.63) is 131 Å². The molecule has 216 valence electrons. The van der Waals surface area contributed by atoms with Crippen molar-refractivity contribution in [2.45, 2.75) is 66.1 Å². The van der Waals surface area contributed by atoms with Crippen LogP contribution in [0.15, 0.2) is 89.6 Å². The number of rotatable bonds is 7. The molecule has 5 heteroatoms. The first-order valence-corrected chi connectivity index (χ1v) is 13.7. The van der Waals surface area contributed by atoms with Crippen molar-refractivity contribution in [2.24, 2.45) is 0 Å². The Bertz CT molecular complexity index is 1910. The topological polar surface area (TPSA) is 61.2 Å². The van der Waals surface area contributed by atoms with Crippen molar-refractivity contribution in [3.8, 4) is 0 Å². The number of allylic oxidation sites excluding steroid dienone is 8. The van der Waals surface area contributed by atoms with Gasteiger partial charge in [-0.2, -0.15) is 11.6 Å². The average Bonchev–Trinajstić information content (AvgIpc) is 3.69. The van der Waals surface area contributed by atoms with Gasteiger partial charge in [-0.25, -0.2) is 10.7 Å². The monoisotopic (exact) mass is 738 g/mol. The number of aromatic nitrogens is 2. The summed E-state index contributed by atoms with van der Waals surface area (Å²) in [4.78, 5) is 8.75. The fraction of sp³-hybridized carbons (Fsp3) is 0.270. The number of hydrogen-bond donors (Lipinski definition) is 0. The Labute approximate surface area is 270 Å². The van der Waals surface area contributed by atoms with Crippen LogP contribution < -0.4 is 0 Å². The minimum absolute atomic E-state index is 0. The van der Waals surface area contributed by atoms with Crippen LogP contribution in [0, 0.1) is 26.0 Å². The molecule has 0 spiro atoms. The molecule has 1 fully saturated rings. The molecule has 0 N–H and O–H groups in total. The molecule has 4 nitrogen and oxygen atoms in total. The van der Waals surface area contributed by atoms with E-state index in [1.165, 1.54) is 42.9 Å². The van der Waals surface area contributed by atoms with Crippen LogP contribution in [0.4, 0.5) is 0 Å². The van der Waals surface area contributed by atoms with Crippen molar-refractivity contribution in [1.82, 2.24) is 9.97 Å². The van der Waals surface area contributed by atoms with Gasteiger partial charge in [0.05, 0.1) is 6.95 Å². The summed E-state index contributed by atoms with van der Waals surface area (Å²) in [5, 5.41) is 11.9. The van der Waals surface area contributed by atoms with Crippen LogP contribution in [0.25, 0.3) is 33.1 Å². The third-order valence-electron chi connectivity index (χ3n) is 7.08. The molecular weight excluding hydrogens is 695 g/mol. The summed E-state index contributed by atoms with van der Waals surface area (Å²) in [7, 11) is 0. The van der Waals surface area contributed by atoms with Gasteiger partial charge in [0, 0.05) is 23.3 Å². The number of nitrogens with zero attached hydrogens (tertiary/aromatic N) is 3. The Morgan fingerprint density at radius 3 is 2.62 bits per heavy atom. The molecule has 3 aromatic heterocycles. The van der Waals surface area contributed by atoms with Gasteiger partial charge < -0.3 is 14.8 Å². The average molecular weight is 738 g/mol. The number of fused-ring (bicyclic) bond motifs is 3. The zero-order valence-electron chi connectivity index (χ0n) is 29.5. The maximum atomic E-state index is 10.3. The molecule has 5 rings (SSSR count). The normalized spacial score (nSPS) is 16.4. The van der Waals surface area contributed by atoms with Crippen molar-refractivity contribution in [2.75, 3.05) is 0 Å². The molecule has 1 saturated carbocycles. The molecule has 0 radical (unpaired) electrons. The zero-order valence-corrected chi connectivity index (χ0v) is 26.9. The van der Waals surface area contributed by atoms with Crippen LogP contribution in [0.3, 0.4) is 0 Å². The predicted octanol–water partition coefficient (Wildman–Crippen LogP) is 9.96. The summed E-state index contributed by atoms with van der Waals surface area (Å²) >= 11 is 0. The van der Waals surface area contributed by atoms with E-state index in [0.29, 0.717) is 11.3 Å². The quantitative estimate of drug-likeness (QED) is 0.108. The third-order valence-corrected chi connectivity index (χ3v) is 7.08. The molecule has 1 aromatic carbocycles. The van der Waals surface area contributed by atoms with E-state index in [2.05, 4.69) is 54.3 Å². The van der Waals surface area contributed by atoms with Gasteiger partial charge >= 0.3 is 20.1 Å². The van der Waals surface area contributed by atoms with E-state index in [-0.39, 0.29) is 25.7 Å². The van der Waals surface area contributed by atoms with E-state index in [9.17, 15) is 5.41 Å². The maximum Gasteiger partial charge on any atom is 3.00 e. The number of hydrogen-bond acceptors (Lipinski definition) is 3. The van der Waals surface area contributed by atoms with Gasteiger partial charge in [0.15, 0.2) is 0 Å². The molecular formula is C37H38IrN3O. The summed E-state index contributed by atoms with van der Waals surface area (Å²) in [6.45, 7) is 12.7. The molecule has 0 bridgehead atoms. The van der Waals surface area contributed by atoms with Crippen LogP contribution >= 0.6 is 0 Å². The second-order valence-corrected chi connectivity index (χ2v) is 10.4. The molecule has 4 aromatic rings. The molecule has 0 saturated heterocycles. The Hall–Kier alpha value is -3.66. The molecule has 42 heavy (non-hydrogen) atoms. The summed E-state index contributed by atoms with van der Waals surface area (Å²) in [6.07, 6.45) is 16.3. The number of benzene rings is 1. The Balaban J connectivity index is 0.000000259. The van der Waals surface area contributed by atoms with E-state index in [1.807, 2.05) is 39.1 Å². The Morgan fingerprint density at radius 2 is 1.93 bits per heavy atom. The summed E-state index contributed by atoms with van der Waals surface area (Å²) < 4.78 is 43.2. The smallest absolute Gasteiger partial charge is 0.855 e. The minimum Gasteiger partial charge on any atom is -0.855 e. The van der Waals surface area contributed by atoms with E-state index < -0.39 is 30.2 Å². The summed E-state index contributed by atoms with van der Waals surface area (Å²) in [5.41, 5.74) is 6.76. The molecule has 0 amide bonds. The van der Waals surface area contributed by atoms with E-state index >= 15 is 0 Å². The zero-order chi connectivity index (χ0) is 33.8. The van der Waals surface area contributed by atoms with Gasteiger partial charge in [0.2, 0.25) is 5.71 Å². The van der Waals surface area contributed by atoms with Crippen LogP contribution in [0.1, 0.15) is 87.1 Å². The first-order chi connectivity index (χ1) is 21.7. The van der Waals surface area contributed by atoms with Crippen LogP contribution in [-0.4, -0.2) is 15.7 Å². The van der Waals surface area contributed by atoms with Crippen LogP contribution in [-0.2, 0) is 20.1 Å². The fourth-order valence-corrected chi connectivity index (χ4v) is 5.00. The second kappa shape index (κ2) is 15.0. The van der Waals surface area contributed by atoms with Gasteiger partial charge in [0.1, 0.15) is 0 Å². The Kier molecular flexibility index (Phi) is 9.29. The summed E-state index contributed by atoms with van der Waals surface area (Å²) in [6, 6.07) is 8.75. The van der Waals surface area contributed by atoms with Gasteiger partial charge in [-0.05, 0) is 67.9 Å². The maximum absolute atomic E-state index is 10.3. The van der Waals surface area contributed by atoms with Crippen molar-refractivity contribution < 1.29 is 31.4 Å². The summed E-state index contributed by atoms with van der Waals surface area (Å²) in [5.74, 6) is 0.722. The van der Waals surface area contributed by atoms with E-state index in [4.69, 9.17) is 11.3 Å². The molecule has 1 aliphatic carbocycles. The van der Waals surface area contributed by atoms with Gasteiger partial charge in [-0.1, -0.05) is 56.3 Å². The van der Waals surface area contributed by atoms with Gasteiger partial charge in [0.25, 0.3) is 0 Å². The van der Waals surface area contributed by atoms with Crippen molar-refractivity contribution in [3.63, 3.8) is 0 Å². The molecule has 1 aliphatic rings. The molecule has 3 heterocycles. The van der Waals surface area contributed by atoms with Gasteiger partial charge in [-0.3, -0.25) is 0 Å². The first-order valence-electron chi connectivity index (χ1n) is 16.2. The van der Waals surface area contributed by atoms with E-state index in [1.54, 1.807) is 12.3 Å². The Morgan fingerprint density at radius 1 is 1.17 bits per heavy atom. The second-order valence-electron chi connectivity index (χ2n) is 10.4.